The maximum absolute atomic E-state index is 13.9. The van der Waals surface area contributed by atoms with Gasteiger partial charge in [0.1, 0.15) is 5.82 Å². The van der Waals surface area contributed by atoms with Gasteiger partial charge in [-0.15, -0.1) is 0 Å². The summed E-state index contributed by atoms with van der Waals surface area (Å²) in [6, 6.07) is 12.4. The van der Waals surface area contributed by atoms with Gasteiger partial charge in [-0.2, -0.15) is 5.10 Å². The molecule has 0 aliphatic carbocycles. The van der Waals surface area contributed by atoms with Gasteiger partial charge in [-0.05, 0) is 45.4 Å². The van der Waals surface area contributed by atoms with Gasteiger partial charge in [0.2, 0.25) is 0 Å². The lowest BCUT2D eigenvalue weighted by atomic mass is 10.1. The molecule has 26 heavy (non-hydrogen) atoms. The Morgan fingerprint density at radius 1 is 1.12 bits per heavy atom. The second kappa shape index (κ2) is 7.12. The number of aryl methyl sites for hydroxylation is 3. The molecule has 3 rings (SSSR count). The molecule has 134 valence electrons. The molecule has 1 heterocycles. The number of amides is 1. The number of aromatic nitrogens is 2. The second-order valence-electron chi connectivity index (χ2n) is 6.57. The number of benzene rings is 2. The van der Waals surface area contributed by atoms with Crippen LogP contribution in [-0.2, 0) is 6.54 Å². The molecule has 0 saturated heterocycles. The van der Waals surface area contributed by atoms with Crippen molar-refractivity contribution < 1.29 is 9.18 Å². The van der Waals surface area contributed by atoms with E-state index in [9.17, 15) is 9.18 Å². The number of hydrogen-bond acceptors (Lipinski definition) is 2. The van der Waals surface area contributed by atoms with Crippen LogP contribution in [0.15, 0.2) is 42.5 Å². The summed E-state index contributed by atoms with van der Waals surface area (Å²) in [6.07, 6.45) is 0. The van der Waals surface area contributed by atoms with Crippen LogP contribution in [0.5, 0.6) is 0 Å². The highest BCUT2D eigenvalue weighted by molar-refractivity contribution is 6.05. The van der Waals surface area contributed by atoms with Gasteiger partial charge < -0.3 is 5.32 Å². The smallest absolute Gasteiger partial charge is 0.256 e. The number of rotatable bonds is 4. The standard InChI is InChI=1S/C21H22FN3O/c1-13-9-10-18(14(2)11-13)21(26)23-20-15(3)24-25(16(20)4)12-17-7-5-6-8-19(17)22/h5-11H,12H2,1-4H3,(H,23,26). The normalized spacial score (nSPS) is 10.8. The summed E-state index contributed by atoms with van der Waals surface area (Å²) in [6.45, 7) is 7.94. The molecular formula is C21H22FN3O. The van der Waals surface area contributed by atoms with Gasteiger partial charge in [-0.25, -0.2) is 4.39 Å². The van der Waals surface area contributed by atoms with E-state index in [1.54, 1.807) is 22.9 Å². The van der Waals surface area contributed by atoms with Gasteiger partial charge >= 0.3 is 0 Å². The van der Waals surface area contributed by atoms with Crippen LogP contribution < -0.4 is 5.32 Å². The second-order valence-corrected chi connectivity index (χ2v) is 6.57. The molecule has 0 aliphatic rings. The minimum Gasteiger partial charge on any atom is -0.319 e. The molecule has 2 aromatic carbocycles. The minimum atomic E-state index is -0.263. The Morgan fingerprint density at radius 3 is 2.54 bits per heavy atom. The van der Waals surface area contributed by atoms with E-state index in [-0.39, 0.29) is 11.7 Å². The highest BCUT2D eigenvalue weighted by Gasteiger charge is 2.17. The molecule has 0 atom stereocenters. The Balaban J connectivity index is 1.86. The highest BCUT2D eigenvalue weighted by atomic mass is 19.1. The zero-order valence-electron chi connectivity index (χ0n) is 15.4. The topological polar surface area (TPSA) is 46.9 Å². The van der Waals surface area contributed by atoms with Crippen molar-refractivity contribution in [3.63, 3.8) is 0 Å². The number of carbonyl (C=O) groups is 1. The average Bonchev–Trinajstić information content (AvgIpc) is 2.84. The van der Waals surface area contributed by atoms with Crippen LogP contribution in [-0.4, -0.2) is 15.7 Å². The monoisotopic (exact) mass is 351 g/mol. The summed E-state index contributed by atoms with van der Waals surface area (Å²) < 4.78 is 15.6. The highest BCUT2D eigenvalue weighted by Crippen LogP contribution is 2.22. The minimum absolute atomic E-state index is 0.167. The lowest BCUT2D eigenvalue weighted by Gasteiger charge is -2.10. The predicted octanol–water partition coefficient (Wildman–Crippen LogP) is 4.56. The zero-order chi connectivity index (χ0) is 18.8. The van der Waals surface area contributed by atoms with E-state index in [0.29, 0.717) is 29.1 Å². The van der Waals surface area contributed by atoms with Crippen LogP contribution in [0.4, 0.5) is 10.1 Å². The molecule has 3 aromatic rings. The molecule has 1 N–H and O–H groups in total. The first-order valence-corrected chi connectivity index (χ1v) is 8.53. The van der Waals surface area contributed by atoms with E-state index in [4.69, 9.17) is 0 Å². The summed E-state index contributed by atoms with van der Waals surface area (Å²) >= 11 is 0. The molecule has 4 nitrogen and oxygen atoms in total. The Morgan fingerprint density at radius 2 is 1.85 bits per heavy atom. The predicted molar refractivity (Wildman–Crippen MR) is 101 cm³/mol. The fraction of sp³-hybridized carbons (Fsp3) is 0.238. The van der Waals surface area contributed by atoms with Crippen molar-refractivity contribution in [2.75, 3.05) is 5.32 Å². The van der Waals surface area contributed by atoms with Crippen molar-refractivity contribution in [1.29, 1.82) is 0 Å². The fourth-order valence-electron chi connectivity index (χ4n) is 3.07. The van der Waals surface area contributed by atoms with Gasteiger partial charge in [0.15, 0.2) is 0 Å². The van der Waals surface area contributed by atoms with Crippen molar-refractivity contribution in [2.24, 2.45) is 0 Å². The molecule has 1 aromatic heterocycles. The molecule has 0 radical (unpaired) electrons. The molecule has 5 heteroatoms. The summed E-state index contributed by atoms with van der Waals surface area (Å²) in [5, 5.41) is 7.42. The van der Waals surface area contributed by atoms with Gasteiger partial charge in [0.05, 0.1) is 23.6 Å². The van der Waals surface area contributed by atoms with E-state index in [2.05, 4.69) is 10.4 Å². The maximum Gasteiger partial charge on any atom is 0.256 e. The first kappa shape index (κ1) is 17.9. The molecule has 0 bridgehead atoms. The quantitative estimate of drug-likeness (QED) is 0.749. The molecule has 1 amide bonds. The van der Waals surface area contributed by atoms with Gasteiger partial charge in [0, 0.05) is 11.1 Å². The van der Waals surface area contributed by atoms with Crippen molar-refractivity contribution in [3.8, 4) is 0 Å². The lowest BCUT2D eigenvalue weighted by Crippen LogP contribution is -2.15. The number of halogens is 1. The van der Waals surface area contributed by atoms with Crippen molar-refractivity contribution in [1.82, 2.24) is 9.78 Å². The molecule has 0 aliphatic heterocycles. The first-order valence-electron chi connectivity index (χ1n) is 8.53. The van der Waals surface area contributed by atoms with E-state index >= 15 is 0 Å². The van der Waals surface area contributed by atoms with Crippen LogP contribution in [0.1, 0.15) is 38.4 Å². The van der Waals surface area contributed by atoms with Gasteiger partial charge in [-0.3, -0.25) is 9.48 Å². The van der Waals surface area contributed by atoms with Crippen LogP contribution in [0.2, 0.25) is 0 Å². The molecule has 0 unspecified atom stereocenters. The Bertz CT molecular complexity index is 975. The van der Waals surface area contributed by atoms with Crippen molar-refractivity contribution in [3.05, 3.63) is 81.9 Å². The van der Waals surface area contributed by atoms with Gasteiger partial charge in [-0.1, -0.05) is 35.9 Å². The van der Waals surface area contributed by atoms with Crippen LogP contribution in [0.3, 0.4) is 0 Å². The summed E-state index contributed by atoms with van der Waals surface area (Å²) in [5.41, 5.74) is 5.41. The summed E-state index contributed by atoms with van der Waals surface area (Å²) in [7, 11) is 0. The number of nitrogens with one attached hydrogen (secondary N) is 1. The van der Waals surface area contributed by atoms with Crippen molar-refractivity contribution >= 4 is 11.6 Å². The van der Waals surface area contributed by atoms with E-state index in [1.807, 2.05) is 45.9 Å². The number of carbonyl (C=O) groups excluding carboxylic acids is 1. The largest absolute Gasteiger partial charge is 0.319 e. The van der Waals surface area contributed by atoms with E-state index in [0.717, 1.165) is 16.8 Å². The molecule has 0 fully saturated rings. The summed E-state index contributed by atoms with van der Waals surface area (Å²) in [4.78, 5) is 12.7. The van der Waals surface area contributed by atoms with Gasteiger partial charge in [0.25, 0.3) is 5.91 Å². The fourth-order valence-corrected chi connectivity index (χ4v) is 3.07. The maximum atomic E-state index is 13.9. The summed E-state index contributed by atoms with van der Waals surface area (Å²) in [5.74, 6) is -0.430. The van der Waals surface area contributed by atoms with Crippen LogP contribution >= 0.6 is 0 Å². The number of anilines is 1. The Labute approximate surface area is 152 Å². The molecule has 0 saturated carbocycles. The van der Waals surface area contributed by atoms with E-state index < -0.39 is 0 Å². The number of nitrogens with zero attached hydrogens (tertiary/aromatic N) is 2. The third-order valence-corrected chi connectivity index (χ3v) is 4.52. The van der Waals surface area contributed by atoms with Crippen molar-refractivity contribution in [2.45, 2.75) is 34.2 Å². The zero-order valence-corrected chi connectivity index (χ0v) is 15.4. The lowest BCUT2D eigenvalue weighted by molar-refractivity contribution is 0.102. The third kappa shape index (κ3) is 3.52. The van der Waals surface area contributed by atoms with E-state index in [1.165, 1.54) is 6.07 Å². The molecular weight excluding hydrogens is 329 g/mol. The Kier molecular flexibility index (Phi) is 4.89. The van der Waals surface area contributed by atoms with Crippen LogP contribution in [0.25, 0.3) is 0 Å². The Hall–Kier alpha value is -2.95. The third-order valence-electron chi connectivity index (χ3n) is 4.52. The average molecular weight is 351 g/mol. The van der Waals surface area contributed by atoms with Crippen LogP contribution in [0, 0.1) is 33.5 Å². The SMILES string of the molecule is Cc1ccc(C(=O)Nc2c(C)nn(Cc3ccccc3F)c2C)c(C)c1. The first-order chi connectivity index (χ1) is 12.4. The molecule has 0 spiro atoms. The number of hydrogen-bond donors (Lipinski definition) is 1.